The highest BCUT2D eigenvalue weighted by Gasteiger charge is 2.02. The van der Waals surface area contributed by atoms with E-state index in [9.17, 15) is 0 Å². The number of allylic oxidation sites excluding steroid dienone is 5. The largest absolute Gasteiger partial charge is 0.366 e. The van der Waals surface area contributed by atoms with Crippen LogP contribution in [0.4, 0.5) is 0 Å². The Balaban J connectivity index is 2.85. The van der Waals surface area contributed by atoms with Crippen LogP contribution in [0, 0.1) is 0 Å². The van der Waals surface area contributed by atoms with Crippen molar-refractivity contribution in [1.29, 1.82) is 0 Å². The molecule has 0 aromatic rings. The second kappa shape index (κ2) is 4.54. The van der Waals surface area contributed by atoms with Gasteiger partial charge in [0.25, 0.3) is 0 Å². The van der Waals surface area contributed by atoms with Crippen LogP contribution in [0.2, 0.25) is 0 Å². The molecule has 2 heteroatoms. The number of aliphatic imine (C=N–C) groups is 1. The Kier molecular flexibility index (Phi) is 3.33. The lowest BCUT2D eigenvalue weighted by Crippen LogP contribution is -2.20. The zero-order valence-electron chi connectivity index (χ0n) is 7.54. The third-order valence-corrected chi connectivity index (χ3v) is 1.66. The molecule has 0 bridgehead atoms. The fourth-order valence-corrected chi connectivity index (χ4v) is 1.05. The first-order chi connectivity index (χ1) is 5.88. The van der Waals surface area contributed by atoms with Gasteiger partial charge in [-0.3, -0.25) is 4.99 Å². The smallest absolute Gasteiger partial charge is 0.107 e. The van der Waals surface area contributed by atoms with Crippen molar-refractivity contribution in [3.05, 3.63) is 35.6 Å². The fourth-order valence-electron chi connectivity index (χ4n) is 1.05. The van der Waals surface area contributed by atoms with E-state index in [1.165, 1.54) is 0 Å². The van der Waals surface area contributed by atoms with Crippen LogP contribution in [0.25, 0.3) is 0 Å². The number of hydrogen-bond donors (Lipinski definition) is 1. The lowest BCUT2D eigenvalue weighted by atomic mass is 10.1. The summed E-state index contributed by atoms with van der Waals surface area (Å²) in [5, 5.41) is 3.19. The standard InChI is InChI=1S/C10H14N2/c1-3-5-6-9-7-11-8-12-10(9)4-2/h3-7,12H,8H2,1-2H3/b5-3-,9-6-,10-4+. The molecular weight excluding hydrogens is 148 g/mol. The van der Waals surface area contributed by atoms with Crippen LogP contribution in [-0.4, -0.2) is 12.9 Å². The van der Waals surface area contributed by atoms with Gasteiger partial charge in [0.1, 0.15) is 6.67 Å². The van der Waals surface area contributed by atoms with E-state index in [0.717, 1.165) is 11.3 Å². The van der Waals surface area contributed by atoms with E-state index < -0.39 is 0 Å². The molecule has 2 nitrogen and oxygen atoms in total. The SMILES string of the molecule is C\C=C/C=C1/C=NCN/C1=C/C. The number of rotatable bonds is 1. The van der Waals surface area contributed by atoms with Gasteiger partial charge < -0.3 is 5.32 Å². The molecule has 0 fully saturated rings. The van der Waals surface area contributed by atoms with Gasteiger partial charge in [0, 0.05) is 17.5 Å². The molecule has 0 aromatic carbocycles. The average Bonchev–Trinajstić information content (AvgIpc) is 2.15. The van der Waals surface area contributed by atoms with E-state index in [4.69, 9.17) is 0 Å². The lowest BCUT2D eigenvalue weighted by molar-refractivity contribution is 0.827. The van der Waals surface area contributed by atoms with E-state index in [1.54, 1.807) is 0 Å². The molecule has 1 heterocycles. The van der Waals surface area contributed by atoms with Gasteiger partial charge in [-0.25, -0.2) is 0 Å². The summed E-state index contributed by atoms with van der Waals surface area (Å²) < 4.78 is 0. The minimum Gasteiger partial charge on any atom is -0.366 e. The Labute approximate surface area is 73.4 Å². The summed E-state index contributed by atoms with van der Waals surface area (Å²) >= 11 is 0. The number of nitrogens with zero attached hydrogens (tertiary/aromatic N) is 1. The van der Waals surface area contributed by atoms with Crippen molar-refractivity contribution < 1.29 is 0 Å². The van der Waals surface area contributed by atoms with Crippen molar-refractivity contribution >= 4 is 6.21 Å². The zero-order chi connectivity index (χ0) is 8.81. The number of nitrogens with one attached hydrogen (secondary N) is 1. The minimum atomic E-state index is 0.687. The van der Waals surface area contributed by atoms with E-state index in [1.807, 2.05) is 38.3 Å². The van der Waals surface area contributed by atoms with Crippen molar-refractivity contribution in [3.8, 4) is 0 Å². The molecule has 1 N–H and O–H groups in total. The molecule has 0 atom stereocenters. The average molecular weight is 162 g/mol. The molecule has 0 aliphatic carbocycles. The van der Waals surface area contributed by atoms with Gasteiger partial charge in [0.2, 0.25) is 0 Å². The summed E-state index contributed by atoms with van der Waals surface area (Å²) in [6.45, 7) is 4.71. The van der Waals surface area contributed by atoms with Gasteiger partial charge in [0.15, 0.2) is 0 Å². The maximum absolute atomic E-state index is 4.13. The van der Waals surface area contributed by atoms with Crippen molar-refractivity contribution in [1.82, 2.24) is 5.32 Å². The molecule has 0 spiro atoms. The van der Waals surface area contributed by atoms with Gasteiger partial charge in [-0.2, -0.15) is 0 Å². The number of hydrogen-bond acceptors (Lipinski definition) is 2. The van der Waals surface area contributed by atoms with E-state index in [2.05, 4.69) is 16.4 Å². The predicted octanol–water partition coefficient (Wildman–Crippen LogP) is 2.02. The zero-order valence-corrected chi connectivity index (χ0v) is 7.54. The van der Waals surface area contributed by atoms with Crippen molar-refractivity contribution in [2.45, 2.75) is 13.8 Å². The topological polar surface area (TPSA) is 24.4 Å². The predicted molar refractivity (Wildman–Crippen MR) is 53.1 cm³/mol. The maximum atomic E-state index is 4.13. The fraction of sp³-hybridized carbons (Fsp3) is 0.300. The second-order valence-corrected chi connectivity index (χ2v) is 2.50. The summed E-state index contributed by atoms with van der Waals surface area (Å²) in [6, 6.07) is 0. The minimum absolute atomic E-state index is 0.687. The molecule has 0 aromatic heterocycles. The molecular formula is C10H14N2. The summed E-state index contributed by atoms with van der Waals surface area (Å²) in [7, 11) is 0. The van der Waals surface area contributed by atoms with Crippen molar-refractivity contribution in [2.24, 2.45) is 4.99 Å². The van der Waals surface area contributed by atoms with Crippen LogP contribution in [0.5, 0.6) is 0 Å². The van der Waals surface area contributed by atoms with Crippen LogP contribution >= 0.6 is 0 Å². The van der Waals surface area contributed by atoms with Crippen LogP contribution < -0.4 is 5.32 Å². The summed E-state index contributed by atoms with van der Waals surface area (Å²) in [5.41, 5.74) is 2.30. The monoisotopic (exact) mass is 162 g/mol. The molecule has 0 unspecified atom stereocenters. The summed E-state index contributed by atoms with van der Waals surface area (Å²) in [6.07, 6.45) is 10.0. The highest BCUT2D eigenvalue weighted by Crippen LogP contribution is 2.07. The normalized spacial score (nSPS) is 23.8. The Bertz CT molecular complexity index is 257. The van der Waals surface area contributed by atoms with Gasteiger partial charge in [-0.05, 0) is 13.8 Å². The quantitative estimate of drug-likeness (QED) is 0.626. The summed E-state index contributed by atoms with van der Waals surface area (Å²) in [5.74, 6) is 0. The van der Waals surface area contributed by atoms with Crippen LogP contribution in [0.1, 0.15) is 13.8 Å². The van der Waals surface area contributed by atoms with E-state index >= 15 is 0 Å². The van der Waals surface area contributed by atoms with Gasteiger partial charge in [0.05, 0.1) is 0 Å². The molecule has 0 amide bonds. The lowest BCUT2D eigenvalue weighted by Gasteiger charge is -2.13. The highest BCUT2D eigenvalue weighted by atomic mass is 15.0. The Morgan fingerprint density at radius 1 is 1.50 bits per heavy atom. The molecule has 0 saturated carbocycles. The van der Waals surface area contributed by atoms with Crippen molar-refractivity contribution in [2.75, 3.05) is 6.67 Å². The van der Waals surface area contributed by atoms with E-state index in [-0.39, 0.29) is 0 Å². The molecule has 0 saturated heterocycles. The Morgan fingerprint density at radius 3 is 3.00 bits per heavy atom. The molecule has 1 rings (SSSR count). The molecule has 64 valence electrons. The van der Waals surface area contributed by atoms with Gasteiger partial charge in [-0.1, -0.05) is 24.3 Å². The third-order valence-electron chi connectivity index (χ3n) is 1.66. The first-order valence-electron chi connectivity index (χ1n) is 4.12. The highest BCUT2D eigenvalue weighted by molar-refractivity contribution is 5.85. The first-order valence-corrected chi connectivity index (χ1v) is 4.12. The van der Waals surface area contributed by atoms with Crippen molar-refractivity contribution in [3.63, 3.8) is 0 Å². The van der Waals surface area contributed by atoms with E-state index in [0.29, 0.717) is 6.67 Å². The van der Waals surface area contributed by atoms with Crippen LogP contribution in [0.15, 0.2) is 40.6 Å². The van der Waals surface area contributed by atoms with Gasteiger partial charge in [-0.15, -0.1) is 0 Å². The second-order valence-electron chi connectivity index (χ2n) is 2.50. The van der Waals surface area contributed by atoms with Crippen LogP contribution in [-0.2, 0) is 0 Å². The summed E-state index contributed by atoms with van der Waals surface area (Å²) in [4.78, 5) is 4.13. The molecule has 0 radical (unpaired) electrons. The Hall–Kier alpha value is -1.31. The Morgan fingerprint density at radius 2 is 2.33 bits per heavy atom. The molecule has 12 heavy (non-hydrogen) atoms. The van der Waals surface area contributed by atoms with Gasteiger partial charge >= 0.3 is 0 Å². The van der Waals surface area contributed by atoms with Crippen LogP contribution in [0.3, 0.4) is 0 Å². The maximum Gasteiger partial charge on any atom is 0.107 e. The molecule has 1 aliphatic rings. The third kappa shape index (κ3) is 2.09. The first kappa shape index (κ1) is 8.78. The molecule has 1 aliphatic heterocycles.